The summed E-state index contributed by atoms with van der Waals surface area (Å²) in [5.74, 6) is 1.40. The normalized spacial score (nSPS) is 12.8. The highest BCUT2D eigenvalue weighted by Crippen LogP contribution is 2.18. The summed E-state index contributed by atoms with van der Waals surface area (Å²) in [5.41, 5.74) is 2.56. The molecule has 0 aliphatic carbocycles. The first-order chi connectivity index (χ1) is 8.04. The van der Waals surface area contributed by atoms with Gasteiger partial charge in [-0.2, -0.15) is 0 Å². The van der Waals surface area contributed by atoms with Gasteiger partial charge in [-0.25, -0.2) is 0 Å². The molecule has 1 nitrogen and oxygen atoms in total. The minimum atomic E-state index is 0.0670. The van der Waals surface area contributed by atoms with E-state index >= 15 is 0 Å². The second-order valence-electron chi connectivity index (χ2n) is 4.89. The number of ketones is 1. The number of benzene rings is 1. The molecule has 0 bridgehead atoms. The van der Waals surface area contributed by atoms with E-state index in [2.05, 4.69) is 38.1 Å². The zero-order valence-corrected chi connectivity index (χ0v) is 11.6. The van der Waals surface area contributed by atoms with Crippen LogP contribution < -0.4 is 0 Å². The van der Waals surface area contributed by atoms with Crippen molar-refractivity contribution in [3.63, 3.8) is 0 Å². The van der Waals surface area contributed by atoms with Crippen LogP contribution in [0.5, 0.6) is 0 Å². The summed E-state index contributed by atoms with van der Waals surface area (Å²) in [6, 6.07) is 8.55. The smallest absolute Gasteiger partial charge is 0.133 e. The summed E-state index contributed by atoms with van der Waals surface area (Å²) in [6.07, 6.45) is 1.57. The summed E-state index contributed by atoms with van der Waals surface area (Å²) in [7, 11) is 0. The molecule has 0 spiro atoms. The van der Waals surface area contributed by atoms with E-state index in [1.54, 1.807) is 6.92 Å². The number of rotatable bonds is 6. The highest BCUT2D eigenvalue weighted by Gasteiger charge is 2.14. The van der Waals surface area contributed by atoms with Crippen LogP contribution in [0.2, 0.25) is 0 Å². The van der Waals surface area contributed by atoms with Crippen LogP contribution in [0.3, 0.4) is 0 Å². The molecule has 0 saturated carbocycles. The molecule has 0 radical (unpaired) electrons. The first-order valence-electron chi connectivity index (χ1n) is 6.19. The third kappa shape index (κ3) is 4.51. The van der Waals surface area contributed by atoms with Gasteiger partial charge in [-0.15, -0.1) is 11.6 Å². The Morgan fingerprint density at radius 1 is 1.24 bits per heavy atom. The van der Waals surface area contributed by atoms with Crippen molar-refractivity contribution in [2.24, 2.45) is 5.92 Å². The maximum absolute atomic E-state index is 11.5. The van der Waals surface area contributed by atoms with Crippen molar-refractivity contribution < 1.29 is 4.79 Å². The van der Waals surface area contributed by atoms with Gasteiger partial charge in [0.1, 0.15) is 5.78 Å². The highest BCUT2D eigenvalue weighted by molar-refractivity contribution is 6.18. The SMILES string of the molecule is CC(=O)C(CCCl)Cc1ccc(C(C)C)cc1. The molecule has 0 fully saturated rings. The number of Topliss-reactive ketones (excluding diaryl/α,β-unsaturated/α-hetero) is 1. The lowest BCUT2D eigenvalue weighted by molar-refractivity contribution is -0.120. The van der Waals surface area contributed by atoms with Gasteiger partial charge in [-0.3, -0.25) is 4.79 Å². The van der Waals surface area contributed by atoms with Gasteiger partial charge in [0.25, 0.3) is 0 Å². The average molecular weight is 253 g/mol. The van der Waals surface area contributed by atoms with Crippen molar-refractivity contribution in [1.82, 2.24) is 0 Å². The monoisotopic (exact) mass is 252 g/mol. The van der Waals surface area contributed by atoms with Crippen LogP contribution >= 0.6 is 11.6 Å². The Hall–Kier alpha value is -0.820. The van der Waals surface area contributed by atoms with Crippen LogP contribution in [0.25, 0.3) is 0 Å². The summed E-state index contributed by atoms with van der Waals surface area (Å²) < 4.78 is 0. The number of halogens is 1. The van der Waals surface area contributed by atoms with Gasteiger partial charge in [0.15, 0.2) is 0 Å². The lowest BCUT2D eigenvalue weighted by atomic mass is 9.92. The molecule has 0 heterocycles. The Morgan fingerprint density at radius 3 is 2.24 bits per heavy atom. The lowest BCUT2D eigenvalue weighted by Crippen LogP contribution is -2.14. The van der Waals surface area contributed by atoms with E-state index in [0.29, 0.717) is 11.8 Å². The molecule has 94 valence electrons. The quantitative estimate of drug-likeness (QED) is 0.694. The molecule has 1 unspecified atom stereocenters. The Labute approximate surface area is 109 Å². The van der Waals surface area contributed by atoms with Gasteiger partial charge in [-0.05, 0) is 36.8 Å². The molecule has 0 saturated heterocycles. The lowest BCUT2D eigenvalue weighted by Gasteiger charge is -2.13. The standard InChI is InChI=1S/C15H21ClO/c1-11(2)14-6-4-13(5-7-14)10-15(8-9-16)12(3)17/h4-7,11,15H,8-10H2,1-3H3. The van der Waals surface area contributed by atoms with Crippen molar-refractivity contribution in [2.45, 2.75) is 39.5 Å². The van der Waals surface area contributed by atoms with Gasteiger partial charge < -0.3 is 0 Å². The topological polar surface area (TPSA) is 17.1 Å². The summed E-state index contributed by atoms with van der Waals surface area (Å²) in [6.45, 7) is 6.02. The zero-order valence-electron chi connectivity index (χ0n) is 10.9. The van der Waals surface area contributed by atoms with Crippen LogP contribution in [0.1, 0.15) is 44.2 Å². The predicted octanol–water partition coefficient (Wildman–Crippen LogP) is 4.19. The van der Waals surface area contributed by atoms with Crippen LogP contribution in [-0.4, -0.2) is 11.7 Å². The van der Waals surface area contributed by atoms with Crippen molar-refractivity contribution >= 4 is 17.4 Å². The number of carbonyl (C=O) groups is 1. The number of hydrogen-bond donors (Lipinski definition) is 0. The molecule has 17 heavy (non-hydrogen) atoms. The molecular weight excluding hydrogens is 232 g/mol. The number of carbonyl (C=O) groups excluding carboxylic acids is 1. The molecule has 1 atom stereocenters. The van der Waals surface area contributed by atoms with E-state index in [1.807, 2.05) is 0 Å². The van der Waals surface area contributed by atoms with Gasteiger partial charge in [0.05, 0.1) is 0 Å². The van der Waals surface area contributed by atoms with Gasteiger partial charge in [-0.1, -0.05) is 38.1 Å². The molecule has 1 rings (SSSR count). The van der Waals surface area contributed by atoms with E-state index in [4.69, 9.17) is 11.6 Å². The molecule has 0 aliphatic heterocycles. The second-order valence-corrected chi connectivity index (χ2v) is 5.26. The maximum Gasteiger partial charge on any atom is 0.133 e. The fourth-order valence-corrected chi connectivity index (χ4v) is 2.17. The zero-order chi connectivity index (χ0) is 12.8. The predicted molar refractivity (Wildman–Crippen MR) is 73.7 cm³/mol. The molecule has 0 amide bonds. The average Bonchev–Trinajstić information content (AvgIpc) is 2.29. The van der Waals surface area contributed by atoms with Crippen LogP contribution in [0, 0.1) is 5.92 Å². The van der Waals surface area contributed by atoms with Crippen molar-refractivity contribution in [3.8, 4) is 0 Å². The molecule has 0 N–H and O–H groups in total. The summed E-state index contributed by atoms with van der Waals surface area (Å²) in [5, 5.41) is 0. The van der Waals surface area contributed by atoms with E-state index in [9.17, 15) is 4.79 Å². The van der Waals surface area contributed by atoms with Crippen LogP contribution in [0.15, 0.2) is 24.3 Å². The van der Waals surface area contributed by atoms with Crippen LogP contribution in [-0.2, 0) is 11.2 Å². The molecular formula is C15H21ClO. The number of hydrogen-bond acceptors (Lipinski definition) is 1. The van der Waals surface area contributed by atoms with E-state index < -0.39 is 0 Å². The van der Waals surface area contributed by atoms with Gasteiger partial charge >= 0.3 is 0 Å². The molecule has 0 aliphatic rings. The third-order valence-electron chi connectivity index (χ3n) is 3.16. The molecule has 2 heteroatoms. The first-order valence-corrected chi connectivity index (χ1v) is 6.73. The second kappa shape index (κ2) is 6.80. The van der Waals surface area contributed by atoms with Crippen molar-refractivity contribution in [1.29, 1.82) is 0 Å². The number of alkyl halides is 1. The van der Waals surface area contributed by atoms with Crippen molar-refractivity contribution in [3.05, 3.63) is 35.4 Å². The fourth-order valence-electron chi connectivity index (χ4n) is 1.90. The first kappa shape index (κ1) is 14.2. The maximum atomic E-state index is 11.5. The van der Waals surface area contributed by atoms with Gasteiger partial charge in [0.2, 0.25) is 0 Å². The van der Waals surface area contributed by atoms with Gasteiger partial charge in [0, 0.05) is 11.8 Å². The van der Waals surface area contributed by atoms with E-state index in [0.717, 1.165) is 12.8 Å². The Kier molecular flexibility index (Phi) is 5.70. The molecule has 0 aromatic heterocycles. The van der Waals surface area contributed by atoms with Crippen LogP contribution in [0.4, 0.5) is 0 Å². The minimum absolute atomic E-state index is 0.0670. The minimum Gasteiger partial charge on any atom is -0.300 e. The van der Waals surface area contributed by atoms with Crippen molar-refractivity contribution in [2.75, 3.05) is 5.88 Å². The Morgan fingerprint density at radius 2 is 1.82 bits per heavy atom. The summed E-state index contributed by atoms with van der Waals surface area (Å²) >= 11 is 5.72. The Bertz CT molecular complexity index is 354. The van der Waals surface area contributed by atoms with E-state index in [1.165, 1.54) is 11.1 Å². The third-order valence-corrected chi connectivity index (χ3v) is 3.38. The Balaban J connectivity index is 2.70. The fraction of sp³-hybridized carbons (Fsp3) is 0.533. The molecule has 1 aromatic carbocycles. The largest absolute Gasteiger partial charge is 0.300 e. The highest BCUT2D eigenvalue weighted by atomic mass is 35.5. The van der Waals surface area contributed by atoms with E-state index in [-0.39, 0.29) is 11.7 Å². The molecule has 1 aromatic rings. The summed E-state index contributed by atoms with van der Waals surface area (Å²) in [4.78, 5) is 11.5.